The quantitative estimate of drug-likeness (QED) is 0.0222. The van der Waals surface area contributed by atoms with Crippen LogP contribution in [0.4, 0.5) is 0 Å². The van der Waals surface area contributed by atoms with Gasteiger partial charge in [-0.15, -0.1) is 0 Å². The summed E-state index contributed by atoms with van der Waals surface area (Å²) in [5.41, 5.74) is 0. The zero-order valence-corrected chi connectivity index (χ0v) is 60.8. The molecule has 0 spiro atoms. The highest BCUT2D eigenvalue weighted by Gasteiger charge is 2.30. The number of ether oxygens (including phenoxy) is 4. The molecule has 91 heavy (non-hydrogen) atoms. The number of phosphoric ester groups is 2. The third-order valence-electron chi connectivity index (χ3n) is 16.8. The molecule has 0 saturated carbocycles. The van der Waals surface area contributed by atoms with Gasteiger partial charge in [-0.3, -0.25) is 37.3 Å². The van der Waals surface area contributed by atoms with E-state index in [1.54, 1.807) is 0 Å². The highest BCUT2D eigenvalue weighted by molar-refractivity contribution is 7.47. The highest BCUT2D eigenvalue weighted by Crippen LogP contribution is 2.45. The number of rotatable bonds is 72. The molecule has 0 aromatic rings. The molecule has 0 aliphatic rings. The van der Waals surface area contributed by atoms with Crippen molar-refractivity contribution in [1.82, 2.24) is 0 Å². The van der Waals surface area contributed by atoms with Crippen molar-refractivity contribution in [2.24, 2.45) is 5.92 Å². The van der Waals surface area contributed by atoms with Gasteiger partial charge in [0.25, 0.3) is 0 Å². The second kappa shape index (κ2) is 65.4. The van der Waals surface area contributed by atoms with Crippen LogP contribution >= 0.6 is 15.6 Å². The molecule has 0 aromatic carbocycles. The number of hydrogen-bond acceptors (Lipinski definition) is 15. The highest BCUT2D eigenvalue weighted by atomic mass is 31.2. The summed E-state index contributed by atoms with van der Waals surface area (Å²) >= 11 is 0. The molecule has 0 saturated heterocycles. The SMILES string of the molecule is CCCCCCCCCCCCCCCCCCCCCCCCC(=O)O[C@H](COC(=O)CCCCCCCCCCCC(C)C)COP(=O)(O)OC[C@@H](O)COP(=O)(O)OC[C@@H](COC(=O)CCCCCCCCCC)OC(=O)CCCCCCCCCCC. The number of carbonyl (C=O) groups excluding carboxylic acids is 4. The molecular formula is C72H140O17P2. The van der Waals surface area contributed by atoms with Crippen LogP contribution in [0.2, 0.25) is 0 Å². The molecule has 0 aliphatic carbocycles. The number of esters is 4. The van der Waals surface area contributed by atoms with Crippen LogP contribution < -0.4 is 0 Å². The van der Waals surface area contributed by atoms with Gasteiger partial charge in [-0.2, -0.15) is 0 Å². The zero-order chi connectivity index (χ0) is 67.0. The van der Waals surface area contributed by atoms with E-state index in [2.05, 4.69) is 34.6 Å². The van der Waals surface area contributed by atoms with Gasteiger partial charge >= 0.3 is 39.5 Å². The van der Waals surface area contributed by atoms with Crippen LogP contribution in [0.5, 0.6) is 0 Å². The maximum absolute atomic E-state index is 13.0. The standard InChI is InChI=1S/C72H140O17P2/c1-6-9-12-15-18-21-22-23-24-25-26-27-28-29-30-31-32-33-37-43-48-53-58-72(77)89-68(62-83-70(75)56-51-46-41-38-34-36-39-44-49-54-65(4)5)64-87-91(80,81)85-60-66(73)59-84-90(78,79)86-63-67(61-82-69(74)55-50-45-40-20-17-14-11-8-3)88-71(76)57-52-47-42-35-19-16-13-10-7-2/h65-68,73H,6-64H2,1-5H3,(H,78,79)(H,80,81)/t66-,67+,68+/m0/s1. The fraction of sp³-hybridized carbons (Fsp3) is 0.944. The lowest BCUT2D eigenvalue weighted by Gasteiger charge is -2.21. The largest absolute Gasteiger partial charge is 0.472 e. The minimum Gasteiger partial charge on any atom is -0.462 e. The molecule has 5 atom stereocenters. The smallest absolute Gasteiger partial charge is 0.462 e. The third-order valence-corrected chi connectivity index (χ3v) is 18.7. The molecule has 19 heteroatoms. The van der Waals surface area contributed by atoms with E-state index in [-0.39, 0.29) is 25.7 Å². The van der Waals surface area contributed by atoms with Crippen molar-refractivity contribution < 1.29 is 80.2 Å². The Hall–Kier alpha value is -1.94. The molecule has 17 nitrogen and oxygen atoms in total. The van der Waals surface area contributed by atoms with Gasteiger partial charge in [-0.05, 0) is 31.6 Å². The molecule has 0 fully saturated rings. The van der Waals surface area contributed by atoms with Gasteiger partial charge in [0.2, 0.25) is 0 Å². The van der Waals surface area contributed by atoms with Crippen LogP contribution in [-0.4, -0.2) is 96.7 Å². The van der Waals surface area contributed by atoms with Crippen molar-refractivity contribution in [2.45, 2.75) is 393 Å². The van der Waals surface area contributed by atoms with Crippen LogP contribution in [0.25, 0.3) is 0 Å². The predicted molar refractivity (Wildman–Crippen MR) is 368 cm³/mol. The summed E-state index contributed by atoms with van der Waals surface area (Å²) in [6.45, 7) is 7.19. The number of unbranched alkanes of at least 4 members (excludes halogenated alkanes) is 44. The first kappa shape index (κ1) is 89.1. The van der Waals surface area contributed by atoms with E-state index in [0.29, 0.717) is 25.7 Å². The molecular weight excluding hydrogens is 1200 g/mol. The summed E-state index contributed by atoms with van der Waals surface area (Å²) in [7, 11) is -9.89. The van der Waals surface area contributed by atoms with Gasteiger partial charge in [0.1, 0.15) is 19.3 Å². The maximum atomic E-state index is 13.0. The minimum atomic E-state index is -4.95. The molecule has 0 radical (unpaired) electrons. The lowest BCUT2D eigenvalue weighted by molar-refractivity contribution is -0.161. The van der Waals surface area contributed by atoms with E-state index >= 15 is 0 Å². The normalized spacial score (nSPS) is 14.0. The van der Waals surface area contributed by atoms with Crippen LogP contribution in [0.1, 0.15) is 375 Å². The Bertz CT molecular complexity index is 1750. The Balaban J connectivity index is 5.12. The summed E-state index contributed by atoms with van der Waals surface area (Å²) in [6, 6.07) is 0. The summed E-state index contributed by atoms with van der Waals surface area (Å²) < 4.78 is 68.2. The van der Waals surface area contributed by atoms with Gasteiger partial charge in [-0.25, -0.2) is 9.13 Å². The summed E-state index contributed by atoms with van der Waals surface area (Å²) in [4.78, 5) is 72.4. The molecule has 2 unspecified atom stereocenters. The van der Waals surface area contributed by atoms with E-state index in [1.807, 2.05) is 0 Å². The lowest BCUT2D eigenvalue weighted by Crippen LogP contribution is -2.30. The number of hydrogen-bond donors (Lipinski definition) is 3. The van der Waals surface area contributed by atoms with E-state index in [0.717, 1.165) is 102 Å². The van der Waals surface area contributed by atoms with Crippen molar-refractivity contribution in [2.75, 3.05) is 39.6 Å². The van der Waals surface area contributed by atoms with E-state index in [9.17, 15) is 43.2 Å². The average Bonchev–Trinajstić information content (AvgIpc) is 3.38. The molecule has 0 heterocycles. The predicted octanol–water partition coefficient (Wildman–Crippen LogP) is 20.9. The second-order valence-electron chi connectivity index (χ2n) is 26.5. The fourth-order valence-electron chi connectivity index (χ4n) is 11.0. The van der Waals surface area contributed by atoms with Gasteiger partial charge in [-0.1, -0.05) is 324 Å². The first-order chi connectivity index (χ1) is 44.0. The number of phosphoric acid groups is 2. The van der Waals surface area contributed by atoms with Crippen molar-refractivity contribution >= 4 is 39.5 Å². The van der Waals surface area contributed by atoms with Gasteiger partial charge in [0.15, 0.2) is 12.2 Å². The number of aliphatic hydroxyl groups excluding tert-OH is 1. The van der Waals surface area contributed by atoms with Crippen LogP contribution in [-0.2, 0) is 65.4 Å². The molecule has 3 N–H and O–H groups in total. The molecule has 540 valence electrons. The Kier molecular flexibility index (Phi) is 64.0. The van der Waals surface area contributed by atoms with E-state index in [1.165, 1.54) is 193 Å². The van der Waals surface area contributed by atoms with Gasteiger partial charge in [0, 0.05) is 25.7 Å². The van der Waals surface area contributed by atoms with Gasteiger partial charge < -0.3 is 33.8 Å². The lowest BCUT2D eigenvalue weighted by atomic mass is 10.0. The second-order valence-corrected chi connectivity index (χ2v) is 29.4. The molecule has 0 aliphatic heterocycles. The van der Waals surface area contributed by atoms with Crippen LogP contribution in [0.3, 0.4) is 0 Å². The topological polar surface area (TPSA) is 237 Å². The van der Waals surface area contributed by atoms with Crippen molar-refractivity contribution in [1.29, 1.82) is 0 Å². The molecule has 0 amide bonds. The zero-order valence-electron chi connectivity index (χ0n) is 59.0. The number of aliphatic hydroxyl groups is 1. The monoisotopic (exact) mass is 1340 g/mol. The van der Waals surface area contributed by atoms with E-state index < -0.39 is 97.5 Å². The average molecular weight is 1340 g/mol. The summed E-state index contributed by atoms with van der Waals surface area (Å²) in [6.07, 6.45) is 53.0. The maximum Gasteiger partial charge on any atom is 0.472 e. The molecule has 0 aromatic heterocycles. The van der Waals surface area contributed by atoms with Gasteiger partial charge in [0.05, 0.1) is 26.4 Å². The Morgan fingerprint density at radius 3 is 0.747 bits per heavy atom. The first-order valence-corrected chi connectivity index (χ1v) is 40.6. The first-order valence-electron chi connectivity index (χ1n) is 37.6. The Labute approximate surface area is 556 Å². The molecule has 0 bridgehead atoms. The van der Waals surface area contributed by atoms with E-state index in [4.69, 9.17) is 37.0 Å². The Morgan fingerprint density at radius 1 is 0.297 bits per heavy atom. The van der Waals surface area contributed by atoms with Crippen LogP contribution in [0.15, 0.2) is 0 Å². The van der Waals surface area contributed by atoms with Crippen molar-refractivity contribution in [3.05, 3.63) is 0 Å². The number of carbonyl (C=O) groups is 4. The third kappa shape index (κ3) is 66.5. The minimum absolute atomic E-state index is 0.106. The summed E-state index contributed by atoms with van der Waals surface area (Å²) in [5.74, 6) is -1.38. The fourth-order valence-corrected chi connectivity index (χ4v) is 12.6. The van der Waals surface area contributed by atoms with Crippen molar-refractivity contribution in [3.8, 4) is 0 Å². The van der Waals surface area contributed by atoms with Crippen LogP contribution in [0, 0.1) is 5.92 Å². The van der Waals surface area contributed by atoms with Crippen molar-refractivity contribution in [3.63, 3.8) is 0 Å². The molecule has 0 rings (SSSR count). The summed E-state index contributed by atoms with van der Waals surface area (Å²) in [5, 5.41) is 10.6. The Morgan fingerprint density at radius 2 is 0.505 bits per heavy atom.